The molecule has 2 atom stereocenters. The van der Waals surface area contributed by atoms with Crippen LogP contribution in [-0.4, -0.2) is 28.4 Å². The molecule has 3 nitrogen and oxygen atoms in total. The Kier molecular flexibility index (Phi) is 14.5. The largest absolute Gasteiger partial charge is 0.335 e. The summed E-state index contributed by atoms with van der Waals surface area (Å²) in [6.07, 6.45) is 4.64. The van der Waals surface area contributed by atoms with E-state index in [4.69, 9.17) is 0 Å². The van der Waals surface area contributed by atoms with Crippen molar-refractivity contribution in [1.82, 2.24) is 0 Å². The molecule has 0 bridgehead atoms. The Morgan fingerprint density at radius 2 is 0.714 bits per heavy atom. The molecule has 0 saturated heterocycles. The summed E-state index contributed by atoms with van der Waals surface area (Å²) in [6.45, 7) is 5.18. The van der Waals surface area contributed by atoms with Gasteiger partial charge >= 0.3 is 0 Å². The summed E-state index contributed by atoms with van der Waals surface area (Å²) < 4.78 is 0. The molecule has 4 aliphatic rings. The average molecular weight is 1290 g/mol. The topological polar surface area (TPSA) is 9.72 Å². The highest BCUT2D eigenvalue weighted by Gasteiger charge is 2.61. The number of nitrogens with zero attached hydrogens (tertiary/aromatic N) is 3. The monoisotopic (exact) mass is 1290 g/mol. The van der Waals surface area contributed by atoms with Crippen LogP contribution < -0.4 is 72.6 Å². The zero-order valence-electron chi connectivity index (χ0n) is 55.4. The predicted molar refractivity (Wildman–Crippen MR) is 421 cm³/mol. The zero-order valence-corrected chi connectivity index (χ0v) is 57.4. The van der Waals surface area contributed by atoms with Crippen molar-refractivity contribution in [3.63, 3.8) is 0 Å². The Morgan fingerprint density at radius 3 is 1.18 bits per heavy atom. The van der Waals surface area contributed by atoms with Crippen LogP contribution in [-0.2, 0) is 5.41 Å². The van der Waals surface area contributed by atoms with Gasteiger partial charge in [-0.1, -0.05) is 329 Å². The van der Waals surface area contributed by atoms with E-state index in [1.807, 2.05) is 0 Å². The van der Waals surface area contributed by atoms with Crippen molar-refractivity contribution < 1.29 is 0 Å². The molecule has 0 radical (unpaired) electrons. The molecular weight excluding hydrogens is 1210 g/mol. The van der Waals surface area contributed by atoms with Crippen LogP contribution in [0.15, 0.2) is 364 Å². The van der Waals surface area contributed by atoms with Gasteiger partial charge in [0.05, 0.1) is 11.2 Å². The maximum atomic E-state index is 2.89. The molecule has 468 valence electrons. The Balaban J connectivity index is 0.928. The number of fused-ring (bicyclic) bond motifs is 7. The normalized spacial score (nSPS) is 16.5. The lowest BCUT2D eigenvalue weighted by molar-refractivity contribution is 0.195. The fraction of sp³-hybridized carbons (Fsp3) is 0.0870. The fourth-order valence-electron chi connectivity index (χ4n) is 18.2. The maximum Gasteiger partial charge on any atom is 0.252 e. The first-order valence-electron chi connectivity index (χ1n) is 35.0. The zero-order chi connectivity index (χ0) is 65.4. The molecule has 1 fully saturated rings. The molecule has 0 amide bonds. The molecule has 14 aromatic rings. The molecule has 6 heteroatoms. The van der Waals surface area contributed by atoms with E-state index in [1.165, 1.54) is 121 Å². The molecule has 3 heterocycles. The summed E-state index contributed by atoms with van der Waals surface area (Å²) >= 11 is 0. The molecule has 18 rings (SSSR count). The number of anilines is 8. The quantitative estimate of drug-likeness (QED) is 0.0794. The maximum absolute atomic E-state index is 2.92. The Morgan fingerprint density at radius 1 is 0.316 bits per heavy atom. The van der Waals surface area contributed by atoms with Crippen molar-refractivity contribution in [2.75, 3.05) is 14.7 Å². The number of para-hydroxylation sites is 1. The second-order valence-corrected chi connectivity index (χ2v) is 35.4. The second kappa shape index (κ2) is 24.0. The van der Waals surface area contributed by atoms with Crippen molar-refractivity contribution in [2.24, 2.45) is 0 Å². The summed E-state index contributed by atoms with van der Waals surface area (Å²) in [5.74, 6) is 0. The lowest BCUT2D eigenvalue weighted by atomic mass is 9.33. The molecule has 14 aromatic carbocycles. The number of rotatable bonds is 14. The minimum atomic E-state index is -2.92. The van der Waals surface area contributed by atoms with Gasteiger partial charge < -0.3 is 14.7 Å². The van der Waals surface area contributed by atoms with Crippen LogP contribution in [0.25, 0.3) is 22.3 Å². The van der Waals surface area contributed by atoms with Gasteiger partial charge in [-0.15, -0.1) is 0 Å². The SMILES string of the molecule is CC12CCCCC1(C)N1c3cc(N(c4ccc([Si](c5ccccc5)(c5ccccc5)c5ccccc5)cc4)c4ccc([Si](c5ccccc5)(c5ccccc5)c5ccccc5)cc4)cc4c3B(c3ccc(-c5ccccc5)cc3N4c3cccc(-c4ccccc4)c3)c3cccc2c31. The van der Waals surface area contributed by atoms with Gasteiger partial charge in [-0.05, 0) is 160 Å². The molecule has 0 spiro atoms. The van der Waals surface area contributed by atoms with Crippen molar-refractivity contribution in [3.05, 3.63) is 370 Å². The smallest absolute Gasteiger partial charge is 0.252 e. The molecule has 0 N–H and O–H groups in total. The van der Waals surface area contributed by atoms with E-state index in [2.05, 4.69) is 393 Å². The highest BCUT2D eigenvalue weighted by atomic mass is 28.3. The Bertz CT molecular complexity index is 4880. The molecule has 98 heavy (non-hydrogen) atoms. The molecule has 0 aromatic heterocycles. The van der Waals surface area contributed by atoms with Gasteiger partial charge in [-0.25, -0.2) is 0 Å². The highest BCUT2D eigenvalue weighted by molar-refractivity contribution is 7.20. The minimum Gasteiger partial charge on any atom is -0.335 e. The summed E-state index contributed by atoms with van der Waals surface area (Å²) in [7, 11) is -5.83. The van der Waals surface area contributed by atoms with E-state index in [1.54, 1.807) is 0 Å². The molecular formula is C92H74BN3Si2. The number of benzene rings is 14. The third kappa shape index (κ3) is 9.15. The van der Waals surface area contributed by atoms with Gasteiger partial charge in [0.15, 0.2) is 16.1 Å². The van der Waals surface area contributed by atoms with Crippen LogP contribution in [0.5, 0.6) is 0 Å². The summed E-state index contributed by atoms with van der Waals surface area (Å²) in [5.41, 5.74) is 19.6. The van der Waals surface area contributed by atoms with Gasteiger partial charge in [0.1, 0.15) is 0 Å². The summed E-state index contributed by atoms with van der Waals surface area (Å²) in [6, 6.07) is 139. The van der Waals surface area contributed by atoms with Crippen LogP contribution in [0, 0.1) is 0 Å². The van der Waals surface area contributed by atoms with Gasteiger partial charge in [-0.2, -0.15) is 0 Å². The van der Waals surface area contributed by atoms with E-state index in [-0.39, 0.29) is 17.7 Å². The van der Waals surface area contributed by atoms with Gasteiger partial charge in [0.25, 0.3) is 6.71 Å². The van der Waals surface area contributed by atoms with Crippen LogP contribution in [0.3, 0.4) is 0 Å². The fourth-order valence-corrected chi connectivity index (χ4v) is 27.7. The molecule has 2 unspecified atom stereocenters. The van der Waals surface area contributed by atoms with Crippen LogP contribution in [0.2, 0.25) is 0 Å². The van der Waals surface area contributed by atoms with E-state index in [9.17, 15) is 0 Å². The first kappa shape index (κ1) is 59.5. The second-order valence-electron chi connectivity index (χ2n) is 27.7. The highest BCUT2D eigenvalue weighted by Crippen LogP contribution is 2.62. The minimum absolute atomic E-state index is 0.0351. The standard InChI is InChI=1S/C92H74BN3Si2/c1-91-61-27-28-62-92(91,2)96-88-66-74(65-87-89(88)93(85-50-30-49-83(91)90(85)96)84-60-51-70(68-33-13-4-14-34-68)64-86(84)95(87)73-36-29-35-69(63-73)67-31-11-3-12-32-67)94(71-52-56-81(57-53-71)97(75-37-15-5-16-38-75,76-39-17-6-18-40-76)77-41-19-7-20-42-77)72-54-58-82(59-55-72)98(78-43-21-8-22-44-78,79-45-23-9-24-46-79)80-47-25-10-26-48-80/h3-26,29-60,63-66H,27-28,61-62H2,1-2H3. The van der Waals surface area contributed by atoms with Crippen molar-refractivity contribution in [3.8, 4) is 22.3 Å². The number of hydrogen-bond acceptors (Lipinski definition) is 3. The van der Waals surface area contributed by atoms with Crippen molar-refractivity contribution >= 4 is 126 Å². The summed E-state index contributed by atoms with van der Waals surface area (Å²) in [5, 5.41) is 10.8. The van der Waals surface area contributed by atoms with E-state index < -0.39 is 16.1 Å². The lowest BCUT2D eigenvalue weighted by Crippen LogP contribution is -2.74. The molecule has 1 saturated carbocycles. The third-order valence-electron chi connectivity index (χ3n) is 22.9. The van der Waals surface area contributed by atoms with Crippen LogP contribution in [0.4, 0.5) is 45.5 Å². The van der Waals surface area contributed by atoms with E-state index in [0.717, 1.165) is 35.6 Å². The first-order chi connectivity index (χ1) is 48.4. The Hall–Kier alpha value is -11.0. The van der Waals surface area contributed by atoms with Crippen molar-refractivity contribution in [1.29, 1.82) is 0 Å². The van der Waals surface area contributed by atoms with Crippen molar-refractivity contribution in [2.45, 2.75) is 50.5 Å². The van der Waals surface area contributed by atoms with E-state index in [0.29, 0.717) is 0 Å². The molecule has 1 aliphatic carbocycles. The van der Waals surface area contributed by atoms with Gasteiger partial charge in [0.2, 0.25) is 0 Å². The summed E-state index contributed by atoms with van der Waals surface area (Å²) in [4.78, 5) is 8.13. The Labute approximate surface area is 579 Å². The first-order valence-corrected chi connectivity index (χ1v) is 39.0. The third-order valence-corrected chi connectivity index (χ3v) is 32.5. The molecule has 3 aliphatic heterocycles. The number of hydrogen-bond donors (Lipinski definition) is 0. The lowest BCUT2D eigenvalue weighted by Gasteiger charge is -2.53. The average Bonchev–Trinajstić information content (AvgIpc) is 1.43. The predicted octanol–water partition coefficient (Wildman–Crippen LogP) is 15.6. The van der Waals surface area contributed by atoms with Gasteiger partial charge in [-0.3, -0.25) is 0 Å². The van der Waals surface area contributed by atoms with Crippen LogP contribution in [0.1, 0.15) is 45.1 Å². The van der Waals surface area contributed by atoms with Gasteiger partial charge in [0, 0.05) is 45.2 Å². The van der Waals surface area contributed by atoms with E-state index >= 15 is 0 Å². The van der Waals surface area contributed by atoms with Crippen LogP contribution >= 0.6 is 0 Å².